The maximum atomic E-state index is 12.7. The molecule has 4 nitrogen and oxygen atoms in total. The van der Waals surface area contributed by atoms with Gasteiger partial charge in [-0.2, -0.15) is 0 Å². The number of halogens is 1. The van der Waals surface area contributed by atoms with Crippen molar-refractivity contribution in [1.29, 1.82) is 0 Å². The maximum Gasteiger partial charge on any atom is 0.259 e. The van der Waals surface area contributed by atoms with Crippen molar-refractivity contribution in [1.82, 2.24) is 10.2 Å². The Morgan fingerprint density at radius 2 is 2.35 bits per heavy atom. The summed E-state index contributed by atoms with van der Waals surface area (Å²) in [6.07, 6.45) is 2.19. The number of rotatable bonds is 4. The van der Waals surface area contributed by atoms with E-state index in [2.05, 4.69) is 5.32 Å². The molecule has 1 aromatic carbocycles. The van der Waals surface area contributed by atoms with Crippen molar-refractivity contribution in [2.75, 3.05) is 33.8 Å². The number of methoxy groups -OCH3 is 1. The molecule has 1 aliphatic heterocycles. The van der Waals surface area contributed by atoms with E-state index in [1.54, 1.807) is 25.3 Å². The van der Waals surface area contributed by atoms with Crippen LogP contribution in [0.2, 0.25) is 5.02 Å². The zero-order chi connectivity index (χ0) is 14.5. The minimum absolute atomic E-state index is 0.0340. The Kier molecular flexibility index (Phi) is 5.26. The third kappa shape index (κ3) is 3.25. The van der Waals surface area contributed by atoms with Crippen LogP contribution in [0.4, 0.5) is 0 Å². The summed E-state index contributed by atoms with van der Waals surface area (Å²) in [6.45, 7) is 2.49. The lowest BCUT2D eigenvalue weighted by molar-refractivity contribution is 0.0671. The van der Waals surface area contributed by atoms with Crippen molar-refractivity contribution in [3.8, 4) is 5.75 Å². The van der Waals surface area contributed by atoms with Crippen LogP contribution < -0.4 is 10.1 Å². The summed E-state index contributed by atoms with van der Waals surface area (Å²) >= 11 is 6.18. The molecule has 1 saturated heterocycles. The fraction of sp³-hybridized carbons (Fsp3) is 0.533. The Labute approximate surface area is 125 Å². The third-order valence-electron chi connectivity index (χ3n) is 3.71. The number of hydrogen-bond acceptors (Lipinski definition) is 3. The van der Waals surface area contributed by atoms with Crippen LogP contribution in [0.5, 0.6) is 5.75 Å². The van der Waals surface area contributed by atoms with E-state index in [1.807, 2.05) is 11.9 Å². The lowest BCUT2D eigenvalue weighted by Gasteiger charge is -2.33. The van der Waals surface area contributed by atoms with Crippen molar-refractivity contribution in [2.24, 2.45) is 5.92 Å². The van der Waals surface area contributed by atoms with Crippen LogP contribution in [0.15, 0.2) is 18.2 Å². The van der Waals surface area contributed by atoms with Crippen molar-refractivity contribution in [3.63, 3.8) is 0 Å². The van der Waals surface area contributed by atoms with Crippen LogP contribution in [-0.2, 0) is 0 Å². The molecule has 0 aliphatic carbocycles. The topological polar surface area (TPSA) is 41.6 Å². The number of hydrogen-bond donors (Lipinski definition) is 1. The summed E-state index contributed by atoms with van der Waals surface area (Å²) in [5.41, 5.74) is 0.474. The van der Waals surface area contributed by atoms with Gasteiger partial charge >= 0.3 is 0 Å². The third-order valence-corrected chi connectivity index (χ3v) is 4.02. The molecule has 2 rings (SSSR count). The summed E-state index contributed by atoms with van der Waals surface area (Å²) in [5, 5.41) is 3.63. The summed E-state index contributed by atoms with van der Waals surface area (Å²) in [7, 11) is 3.50. The number of likely N-dealkylation sites (tertiary alicyclic amines) is 1. The molecule has 0 bridgehead atoms. The van der Waals surface area contributed by atoms with Crippen LogP contribution in [0.25, 0.3) is 0 Å². The molecule has 1 unspecified atom stereocenters. The van der Waals surface area contributed by atoms with Crippen molar-refractivity contribution in [2.45, 2.75) is 12.8 Å². The number of nitrogens with one attached hydrogen (secondary N) is 1. The smallest absolute Gasteiger partial charge is 0.259 e. The van der Waals surface area contributed by atoms with E-state index >= 15 is 0 Å². The molecule has 0 spiro atoms. The highest BCUT2D eigenvalue weighted by atomic mass is 35.5. The van der Waals surface area contributed by atoms with E-state index in [0.29, 0.717) is 22.3 Å². The van der Waals surface area contributed by atoms with Crippen LogP contribution >= 0.6 is 11.6 Å². The van der Waals surface area contributed by atoms with Gasteiger partial charge in [0.25, 0.3) is 5.91 Å². The largest absolute Gasteiger partial charge is 0.496 e. The van der Waals surface area contributed by atoms with Gasteiger partial charge in [0.1, 0.15) is 11.3 Å². The number of ether oxygens (including phenoxy) is 1. The fourth-order valence-electron chi connectivity index (χ4n) is 2.74. The van der Waals surface area contributed by atoms with E-state index < -0.39 is 0 Å². The fourth-order valence-corrected chi connectivity index (χ4v) is 2.99. The summed E-state index contributed by atoms with van der Waals surface area (Å²) in [5.74, 6) is 1.01. The Bertz CT molecular complexity index is 477. The SMILES string of the molecule is CNCC1CCCN(C(=O)c2c(Cl)cccc2OC)C1. The van der Waals surface area contributed by atoms with E-state index in [1.165, 1.54) is 0 Å². The monoisotopic (exact) mass is 296 g/mol. The first kappa shape index (κ1) is 15.1. The number of amides is 1. The molecule has 0 saturated carbocycles. The Hall–Kier alpha value is -1.26. The molecule has 0 aromatic heterocycles. The van der Waals surface area contributed by atoms with Gasteiger partial charge in [-0.25, -0.2) is 0 Å². The molecular weight excluding hydrogens is 276 g/mol. The van der Waals surface area contributed by atoms with Crippen molar-refractivity contribution < 1.29 is 9.53 Å². The van der Waals surface area contributed by atoms with Crippen LogP contribution in [-0.4, -0.2) is 44.6 Å². The van der Waals surface area contributed by atoms with Crippen LogP contribution in [0.1, 0.15) is 23.2 Å². The second-order valence-corrected chi connectivity index (χ2v) is 5.54. The van der Waals surface area contributed by atoms with Gasteiger partial charge in [0.05, 0.1) is 12.1 Å². The van der Waals surface area contributed by atoms with Gasteiger partial charge in [0, 0.05) is 13.1 Å². The molecule has 1 amide bonds. The first-order valence-corrected chi connectivity index (χ1v) is 7.31. The predicted molar refractivity (Wildman–Crippen MR) is 80.6 cm³/mol. The molecule has 1 heterocycles. The molecule has 20 heavy (non-hydrogen) atoms. The van der Waals surface area contributed by atoms with Crippen LogP contribution in [0, 0.1) is 5.92 Å². The van der Waals surface area contributed by atoms with Crippen LogP contribution in [0.3, 0.4) is 0 Å². The van der Waals surface area contributed by atoms with Gasteiger partial charge in [-0.3, -0.25) is 4.79 Å². The van der Waals surface area contributed by atoms with Gasteiger partial charge in [0.2, 0.25) is 0 Å². The second-order valence-electron chi connectivity index (χ2n) is 5.13. The quantitative estimate of drug-likeness (QED) is 0.928. The number of carbonyl (C=O) groups is 1. The zero-order valence-electron chi connectivity index (χ0n) is 12.0. The van der Waals surface area contributed by atoms with Gasteiger partial charge in [-0.15, -0.1) is 0 Å². The molecule has 1 fully saturated rings. The highest BCUT2D eigenvalue weighted by Crippen LogP contribution is 2.29. The normalized spacial score (nSPS) is 18.9. The average Bonchev–Trinajstić information content (AvgIpc) is 2.47. The molecule has 1 atom stereocenters. The number of benzene rings is 1. The first-order valence-electron chi connectivity index (χ1n) is 6.93. The van der Waals surface area contributed by atoms with Gasteiger partial charge in [0.15, 0.2) is 0 Å². The molecule has 1 aliphatic rings. The Balaban J connectivity index is 2.18. The van der Waals surface area contributed by atoms with Crippen molar-refractivity contribution in [3.05, 3.63) is 28.8 Å². The Morgan fingerprint density at radius 3 is 3.05 bits per heavy atom. The summed E-state index contributed by atoms with van der Waals surface area (Å²) in [6, 6.07) is 5.29. The Morgan fingerprint density at radius 1 is 1.55 bits per heavy atom. The molecule has 0 radical (unpaired) electrons. The number of piperidine rings is 1. The highest BCUT2D eigenvalue weighted by Gasteiger charge is 2.27. The minimum atomic E-state index is -0.0340. The zero-order valence-corrected chi connectivity index (χ0v) is 12.7. The molecule has 110 valence electrons. The minimum Gasteiger partial charge on any atom is -0.496 e. The first-order chi connectivity index (χ1) is 9.67. The number of nitrogens with zero attached hydrogens (tertiary/aromatic N) is 1. The lowest BCUT2D eigenvalue weighted by atomic mass is 9.97. The van der Waals surface area contributed by atoms with Crippen molar-refractivity contribution >= 4 is 17.5 Å². The van der Waals surface area contributed by atoms with E-state index in [0.717, 1.165) is 32.5 Å². The lowest BCUT2D eigenvalue weighted by Crippen LogP contribution is -2.42. The molecule has 5 heteroatoms. The molecule has 1 aromatic rings. The molecular formula is C15H21ClN2O2. The van der Waals surface area contributed by atoms with Gasteiger partial charge < -0.3 is 15.0 Å². The second kappa shape index (κ2) is 6.95. The average molecular weight is 297 g/mol. The molecule has 1 N–H and O–H groups in total. The van der Waals surface area contributed by atoms with E-state index in [9.17, 15) is 4.79 Å². The van der Waals surface area contributed by atoms with E-state index in [-0.39, 0.29) is 5.91 Å². The number of carbonyl (C=O) groups excluding carboxylic acids is 1. The van der Waals surface area contributed by atoms with Gasteiger partial charge in [-0.1, -0.05) is 17.7 Å². The van der Waals surface area contributed by atoms with E-state index in [4.69, 9.17) is 16.3 Å². The maximum absolute atomic E-state index is 12.7. The summed E-state index contributed by atoms with van der Waals surface area (Å²) < 4.78 is 5.27. The highest BCUT2D eigenvalue weighted by molar-refractivity contribution is 6.34. The summed E-state index contributed by atoms with van der Waals surface area (Å²) in [4.78, 5) is 14.6. The predicted octanol–water partition coefficient (Wildman–Crippen LogP) is 2.42. The van der Waals surface area contributed by atoms with Gasteiger partial charge in [-0.05, 0) is 44.5 Å². The standard InChI is InChI=1S/C15H21ClN2O2/c1-17-9-11-5-4-8-18(10-11)15(19)14-12(16)6-3-7-13(14)20-2/h3,6-7,11,17H,4-5,8-10H2,1-2H3.